The highest BCUT2D eigenvalue weighted by Crippen LogP contribution is 2.05. The van der Waals surface area contributed by atoms with Crippen molar-refractivity contribution in [2.45, 2.75) is 25.8 Å². The molecule has 2 nitrogen and oxygen atoms in total. The first-order valence-corrected chi connectivity index (χ1v) is 5.72. The molecule has 1 unspecified atom stereocenters. The Morgan fingerprint density at radius 2 is 2.00 bits per heavy atom. The van der Waals surface area contributed by atoms with Crippen molar-refractivity contribution in [1.82, 2.24) is 0 Å². The summed E-state index contributed by atoms with van der Waals surface area (Å²) in [6.45, 7) is 5.29. The van der Waals surface area contributed by atoms with E-state index in [0.717, 1.165) is 6.42 Å². The number of benzene rings is 1. The molecule has 0 heterocycles. The molecule has 0 bridgehead atoms. The average Bonchev–Trinajstić information content (AvgIpc) is 2.30. The molecule has 16 heavy (non-hydrogen) atoms. The zero-order valence-electron chi connectivity index (χ0n) is 10.1. The third-order valence-electron chi connectivity index (χ3n) is 2.56. The van der Waals surface area contributed by atoms with Gasteiger partial charge >= 0.3 is 0 Å². The van der Waals surface area contributed by atoms with Crippen LogP contribution >= 0.6 is 0 Å². The number of hydrogen-bond acceptors (Lipinski definition) is 2. The molecule has 1 atom stereocenters. The first-order valence-electron chi connectivity index (χ1n) is 5.72. The minimum Gasteiger partial charge on any atom is -0.375 e. The molecule has 88 valence electrons. The molecule has 2 N–H and O–H groups in total. The summed E-state index contributed by atoms with van der Waals surface area (Å²) in [5.74, 6) is 0. The van der Waals surface area contributed by atoms with Crippen molar-refractivity contribution in [3.63, 3.8) is 0 Å². The first-order chi connectivity index (χ1) is 7.64. The van der Waals surface area contributed by atoms with E-state index in [0.29, 0.717) is 13.2 Å². The molecule has 0 fully saturated rings. The van der Waals surface area contributed by atoms with Gasteiger partial charge in [-0.2, -0.15) is 0 Å². The zero-order chi connectivity index (χ0) is 11.9. The minimum absolute atomic E-state index is 0.208. The molecule has 0 aromatic heterocycles. The Hall–Kier alpha value is -1.12. The van der Waals surface area contributed by atoms with Crippen LogP contribution in [0.25, 0.3) is 6.08 Å². The summed E-state index contributed by atoms with van der Waals surface area (Å²) in [7, 11) is 0. The lowest BCUT2D eigenvalue weighted by atomic mass is 10.0. The van der Waals surface area contributed by atoms with Gasteiger partial charge in [0.1, 0.15) is 0 Å². The Morgan fingerprint density at radius 1 is 1.31 bits per heavy atom. The van der Waals surface area contributed by atoms with Crippen molar-refractivity contribution in [2.75, 3.05) is 13.2 Å². The highest BCUT2D eigenvalue weighted by atomic mass is 16.5. The van der Waals surface area contributed by atoms with Crippen molar-refractivity contribution in [3.8, 4) is 0 Å². The number of nitrogens with two attached hydrogens (primary N) is 1. The Bertz CT molecular complexity index is 317. The van der Waals surface area contributed by atoms with E-state index in [4.69, 9.17) is 10.5 Å². The summed E-state index contributed by atoms with van der Waals surface area (Å²) in [5, 5.41) is 0. The summed E-state index contributed by atoms with van der Waals surface area (Å²) < 4.78 is 5.50. The molecule has 1 aromatic carbocycles. The van der Waals surface area contributed by atoms with E-state index >= 15 is 0 Å². The Morgan fingerprint density at radius 3 is 2.62 bits per heavy atom. The SMILES string of the molecule is CCC(C)(N)COCC=Cc1ccccc1. The van der Waals surface area contributed by atoms with Gasteiger partial charge < -0.3 is 10.5 Å². The van der Waals surface area contributed by atoms with Crippen LogP contribution < -0.4 is 5.73 Å². The van der Waals surface area contributed by atoms with Crippen molar-refractivity contribution in [3.05, 3.63) is 42.0 Å². The van der Waals surface area contributed by atoms with Gasteiger partial charge in [0, 0.05) is 5.54 Å². The Labute approximate surface area is 98.1 Å². The first kappa shape index (κ1) is 12.9. The lowest BCUT2D eigenvalue weighted by Crippen LogP contribution is -2.40. The van der Waals surface area contributed by atoms with Crippen molar-refractivity contribution in [1.29, 1.82) is 0 Å². The van der Waals surface area contributed by atoms with Gasteiger partial charge in [-0.1, -0.05) is 49.4 Å². The molecule has 1 rings (SSSR count). The second kappa shape index (κ2) is 6.46. The topological polar surface area (TPSA) is 35.2 Å². The summed E-state index contributed by atoms with van der Waals surface area (Å²) in [6, 6.07) is 10.2. The van der Waals surface area contributed by atoms with E-state index in [1.54, 1.807) is 0 Å². The lowest BCUT2D eigenvalue weighted by Gasteiger charge is -2.21. The molecule has 0 amide bonds. The van der Waals surface area contributed by atoms with E-state index in [2.05, 4.69) is 25.1 Å². The van der Waals surface area contributed by atoms with Crippen LogP contribution in [0, 0.1) is 0 Å². The molecule has 0 aliphatic heterocycles. The van der Waals surface area contributed by atoms with Gasteiger partial charge in [0.25, 0.3) is 0 Å². The zero-order valence-corrected chi connectivity index (χ0v) is 10.1. The average molecular weight is 219 g/mol. The van der Waals surface area contributed by atoms with E-state index in [1.165, 1.54) is 5.56 Å². The minimum atomic E-state index is -0.208. The normalized spacial score (nSPS) is 15.2. The summed E-state index contributed by atoms with van der Waals surface area (Å²) in [5.41, 5.74) is 6.94. The lowest BCUT2D eigenvalue weighted by molar-refractivity contribution is 0.111. The quantitative estimate of drug-likeness (QED) is 0.747. The van der Waals surface area contributed by atoms with E-state index < -0.39 is 0 Å². The number of hydrogen-bond donors (Lipinski definition) is 1. The van der Waals surface area contributed by atoms with Crippen molar-refractivity contribution in [2.24, 2.45) is 5.73 Å². The van der Waals surface area contributed by atoms with E-state index in [1.807, 2.05) is 31.2 Å². The van der Waals surface area contributed by atoms with Gasteiger partial charge in [-0.3, -0.25) is 0 Å². The predicted molar refractivity (Wildman–Crippen MR) is 69.2 cm³/mol. The number of rotatable bonds is 6. The van der Waals surface area contributed by atoms with Gasteiger partial charge in [0.2, 0.25) is 0 Å². The fourth-order valence-corrected chi connectivity index (χ4v) is 1.21. The van der Waals surface area contributed by atoms with Crippen LogP contribution in [-0.4, -0.2) is 18.8 Å². The maximum absolute atomic E-state index is 5.96. The second-order valence-electron chi connectivity index (χ2n) is 4.34. The van der Waals surface area contributed by atoms with Crippen LogP contribution in [0.15, 0.2) is 36.4 Å². The molecule has 0 aliphatic carbocycles. The second-order valence-corrected chi connectivity index (χ2v) is 4.34. The molecule has 0 radical (unpaired) electrons. The van der Waals surface area contributed by atoms with Gasteiger partial charge in [0.05, 0.1) is 13.2 Å². The van der Waals surface area contributed by atoms with E-state index in [-0.39, 0.29) is 5.54 Å². The summed E-state index contributed by atoms with van der Waals surface area (Å²) in [6.07, 6.45) is 5.00. The van der Waals surface area contributed by atoms with Crippen molar-refractivity contribution >= 4 is 6.08 Å². The fourth-order valence-electron chi connectivity index (χ4n) is 1.21. The van der Waals surface area contributed by atoms with E-state index in [9.17, 15) is 0 Å². The van der Waals surface area contributed by atoms with Gasteiger partial charge in [-0.15, -0.1) is 0 Å². The summed E-state index contributed by atoms with van der Waals surface area (Å²) in [4.78, 5) is 0. The molecule has 0 spiro atoms. The highest BCUT2D eigenvalue weighted by Gasteiger charge is 2.14. The molecule has 1 aromatic rings. The van der Waals surface area contributed by atoms with Gasteiger partial charge in [-0.05, 0) is 18.9 Å². The monoisotopic (exact) mass is 219 g/mol. The van der Waals surface area contributed by atoms with Crippen LogP contribution in [0.4, 0.5) is 0 Å². The third kappa shape index (κ3) is 5.10. The molecular weight excluding hydrogens is 198 g/mol. The molecule has 2 heteroatoms. The molecule has 0 saturated carbocycles. The largest absolute Gasteiger partial charge is 0.375 e. The van der Waals surface area contributed by atoms with Crippen molar-refractivity contribution < 1.29 is 4.74 Å². The molecule has 0 aliphatic rings. The maximum atomic E-state index is 5.96. The predicted octanol–water partition coefficient (Wildman–Crippen LogP) is 2.84. The third-order valence-corrected chi connectivity index (χ3v) is 2.56. The highest BCUT2D eigenvalue weighted by molar-refractivity contribution is 5.48. The van der Waals surface area contributed by atoms with Crippen LogP contribution in [0.1, 0.15) is 25.8 Å². The maximum Gasteiger partial charge on any atom is 0.0651 e. The van der Waals surface area contributed by atoms with Gasteiger partial charge in [0.15, 0.2) is 0 Å². The number of ether oxygens (including phenoxy) is 1. The smallest absolute Gasteiger partial charge is 0.0651 e. The Kier molecular flexibility index (Phi) is 5.23. The summed E-state index contributed by atoms with van der Waals surface area (Å²) >= 11 is 0. The Balaban J connectivity index is 2.24. The molecule has 0 saturated heterocycles. The standard InChI is InChI=1S/C14H21NO/c1-3-14(2,15)12-16-11-7-10-13-8-5-4-6-9-13/h4-10H,3,11-12,15H2,1-2H3. The van der Waals surface area contributed by atoms with Crippen LogP contribution in [0.5, 0.6) is 0 Å². The van der Waals surface area contributed by atoms with Gasteiger partial charge in [-0.25, -0.2) is 0 Å². The van der Waals surface area contributed by atoms with Crippen LogP contribution in [0.3, 0.4) is 0 Å². The fraction of sp³-hybridized carbons (Fsp3) is 0.429. The van der Waals surface area contributed by atoms with Crippen LogP contribution in [-0.2, 0) is 4.74 Å². The van der Waals surface area contributed by atoms with Crippen LogP contribution in [0.2, 0.25) is 0 Å². The molecular formula is C14H21NO.